The van der Waals surface area contributed by atoms with E-state index in [1.807, 2.05) is 25.4 Å². The third kappa shape index (κ3) is 4.87. The first-order valence-electron chi connectivity index (χ1n) is 9.69. The maximum atomic E-state index is 5.58. The molecule has 2 aromatic rings. The average molecular weight is 493 g/mol. The Labute approximate surface area is 184 Å². The molecule has 1 saturated heterocycles. The first-order valence-corrected chi connectivity index (χ1v) is 9.69. The number of hydrogen-bond acceptors (Lipinski definition) is 4. The van der Waals surface area contributed by atoms with Crippen LogP contribution in [0.4, 0.5) is 5.82 Å². The van der Waals surface area contributed by atoms with Crippen molar-refractivity contribution < 1.29 is 4.74 Å². The van der Waals surface area contributed by atoms with Crippen molar-refractivity contribution in [3.63, 3.8) is 0 Å². The second-order valence-electron chi connectivity index (χ2n) is 6.93. The van der Waals surface area contributed by atoms with Crippen LogP contribution in [-0.4, -0.2) is 62.2 Å². The highest BCUT2D eigenvalue weighted by molar-refractivity contribution is 14.0. The Hall–Kier alpha value is -2.03. The summed E-state index contributed by atoms with van der Waals surface area (Å²) >= 11 is 0. The summed E-state index contributed by atoms with van der Waals surface area (Å²) in [6, 6.07) is 12.6. The molecule has 1 aromatic heterocycles. The van der Waals surface area contributed by atoms with E-state index in [-0.39, 0.29) is 24.0 Å². The zero-order valence-electron chi connectivity index (χ0n) is 16.3. The smallest absolute Gasteiger partial charge is 0.193 e. The Morgan fingerprint density at radius 1 is 1.18 bits per heavy atom. The van der Waals surface area contributed by atoms with E-state index in [1.54, 1.807) is 0 Å². The van der Waals surface area contributed by atoms with Crippen molar-refractivity contribution in [2.24, 2.45) is 4.99 Å². The summed E-state index contributed by atoms with van der Waals surface area (Å²) in [6.45, 7) is 5.52. The molecule has 0 spiro atoms. The molecule has 1 aromatic carbocycles. The number of fused-ring (bicyclic) bond motifs is 1. The molecule has 7 heteroatoms. The van der Waals surface area contributed by atoms with Crippen molar-refractivity contribution >= 4 is 35.8 Å². The fourth-order valence-electron chi connectivity index (χ4n) is 3.73. The van der Waals surface area contributed by atoms with Gasteiger partial charge >= 0.3 is 0 Å². The monoisotopic (exact) mass is 493 g/mol. The highest BCUT2D eigenvalue weighted by Gasteiger charge is 2.20. The van der Waals surface area contributed by atoms with Crippen LogP contribution >= 0.6 is 24.0 Å². The van der Waals surface area contributed by atoms with Crippen molar-refractivity contribution in [2.45, 2.75) is 12.8 Å². The molecule has 0 radical (unpaired) electrons. The zero-order valence-corrected chi connectivity index (χ0v) is 18.6. The molecule has 0 saturated carbocycles. The topological polar surface area (TPSA) is 53.0 Å². The molecule has 0 unspecified atom stereocenters. The molecule has 150 valence electrons. The first-order chi connectivity index (χ1) is 13.3. The molecule has 2 aliphatic heterocycles. The lowest BCUT2D eigenvalue weighted by Gasteiger charge is -2.37. The predicted octanol–water partition coefficient (Wildman–Crippen LogP) is 2.57. The number of aliphatic imine (C=N–C) groups is 1. The van der Waals surface area contributed by atoms with Gasteiger partial charge in [0.1, 0.15) is 11.6 Å². The first kappa shape index (κ1) is 20.7. The highest BCUT2D eigenvalue weighted by Crippen LogP contribution is 2.25. The predicted molar refractivity (Wildman–Crippen MR) is 124 cm³/mol. The number of nitrogens with one attached hydrogen (secondary N) is 1. The van der Waals surface area contributed by atoms with E-state index in [9.17, 15) is 0 Å². The molecule has 2 aliphatic rings. The summed E-state index contributed by atoms with van der Waals surface area (Å²) in [6.07, 6.45) is 3.87. The second kappa shape index (κ2) is 9.95. The van der Waals surface area contributed by atoms with Crippen LogP contribution in [0.1, 0.15) is 11.1 Å². The van der Waals surface area contributed by atoms with Crippen molar-refractivity contribution in [2.75, 3.05) is 51.3 Å². The van der Waals surface area contributed by atoms with Crippen molar-refractivity contribution in [3.8, 4) is 5.75 Å². The van der Waals surface area contributed by atoms with Gasteiger partial charge in [-0.05, 0) is 35.7 Å². The van der Waals surface area contributed by atoms with Crippen LogP contribution in [0.3, 0.4) is 0 Å². The largest absolute Gasteiger partial charge is 0.493 e. The minimum Gasteiger partial charge on any atom is -0.493 e. The van der Waals surface area contributed by atoms with Gasteiger partial charge in [0, 0.05) is 52.4 Å². The maximum Gasteiger partial charge on any atom is 0.193 e. The lowest BCUT2D eigenvalue weighted by molar-refractivity contribution is 0.357. The van der Waals surface area contributed by atoms with Crippen molar-refractivity contribution in [1.82, 2.24) is 15.2 Å². The number of nitrogens with zero attached hydrogens (tertiary/aromatic N) is 4. The quantitative estimate of drug-likeness (QED) is 0.403. The Bertz CT molecular complexity index is 791. The lowest BCUT2D eigenvalue weighted by Crippen LogP contribution is -2.53. The standard InChI is InChI=1S/C21H27N5O.HI/c1-22-21(24-10-7-17-5-6-19-18(16-17)8-15-27-19)26-13-11-25(12-14-26)20-4-2-3-9-23-20;/h2-6,9,16H,7-8,10-15H2,1H3,(H,22,24);1H. The number of hydrogen-bond donors (Lipinski definition) is 1. The van der Waals surface area contributed by atoms with Gasteiger partial charge in [-0.2, -0.15) is 0 Å². The van der Waals surface area contributed by atoms with Crippen LogP contribution < -0.4 is 15.0 Å². The van der Waals surface area contributed by atoms with Gasteiger partial charge in [-0.1, -0.05) is 18.2 Å². The summed E-state index contributed by atoms with van der Waals surface area (Å²) in [5.74, 6) is 3.09. The van der Waals surface area contributed by atoms with Gasteiger partial charge in [-0.25, -0.2) is 4.98 Å². The van der Waals surface area contributed by atoms with Gasteiger partial charge in [-0.15, -0.1) is 24.0 Å². The number of piperazine rings is 1. The molecule has 0 amide bonds. The lowest BCUT2D eigenvalue weighted by atomic mass is 10.1. The molecule has 0 atom stereocenters. The average Bonchev–Trinajstić information content (AvgIpc) is 3.20. The molecule has 6 nitrogen and oxygen atoms in total. The van der Waals surface area contributed by atoms with Crippen LogP contribution in [0.25, 0.3) is 0 Å². The number of halogens is 1. The second-order valence-corrected chi connectivity index (χ2v) is 6.93. The molecule has 0 bridgehead atoms. The van der Waals surface area contributed by atoms with Crippen LogP contribution in [0.5, 0.6) is 5.75 Å². The summed E-state index contributed by atoms with van der Waals surface area (Å²) < 4.78 is 5.58. The van der Waals surface area contributed by atoms with E-state index in [0.717, 1.165) is 69.7 Å². The van der Waals surface area contributed by atoms with Gasteiger partial charge in [0.2, 0.25) is 0 Å². The van der Waals surface area contributed by atoms with Crippen LogP contribution in [0, 0.1) is 0 Å². The Kier molecular flexibility index (Phi) is 7.36. The Morgan fingerprint density at radius 3 is 2.79 bits per heavy atom. The van der Waals surface area contributed by atoms with E-state index in [4.69, 9.17) is 4.74 Å². The number of rotatable bonds is 4. The van der Waals surface area contributed by atoms with E-state index in [1.165, 1.54) is 11.1 Å². The van der Waals surface area contributed by atoms with Crippen LogP contribution in [0.2, 0.25) is 0 Å². The highest BCUT2D eigenvalue weighted by atomic mass is 127. The summed E-state index contributed by atoms with van der Waals surface area (Å²) in [5.41, 5.74) is 2.68. The fourth-order valence-corrected chi connectivity index (χ4v) is 3.73. The number of benzene rings is 1. The number of guanidine groups is 1. The molecular weight excluding hydrogens is 465 g/mol. The van der Waals surface area contributed by atoms with Gasteiger partial charge in [-0.3, -0.25) is 4.99 Å². The minimum absolute atomic E-state index is 0. The van der Waals surface area contributed by atoms with Gasteiger partial charge in [0.25, 0.3) is 0 Å². The molecule has 1 fully saturated rings. The summed E-state index contributed by atoms with van der Waals surface area (Å²) in [7, 11) is 1.86. The van der Waals surface area contributed by atoms with Gasteiger partial charge in [0.05, 0.1) is 6.61 Å². The molecule has 28 heavy (non-hydrogen) atoms. The van der Waals surface area contributed by atoms with Crippen molar-refractivity contribution in [3.05, 3.63) is 53.7 Å². The Morgan fingerprint density at radius 2 is 2.04 bits per heavy atom. The number of aromatic nitrogens is 1. The Balaban J connectivity index is 0.00000225. The van der Waals surface area contributed by atoms with Crippen LogP contribution in [0.15, 0.2) is 47.6 Å². The van der Waals surface area contributed by atoms with E-state index in [0.29, 0.717) is 0 Å². The fraction of sp³-hybridized carbons (Fsp3) is 0.429. The van der Waals surface area contributed by atoms with E-state index >= 15 is 0 Å². The van der Waals surface area contributed by atoms with Gasteiger partial charge in [0.15, 0.2) is 5.96 Å². The van der Waals surface area contributed by atoms with Gasteiger partial charge < -0.3 is 19.9 Å². The normalized spacial score (nSPS) is 16.2. The van der Waals surface area contributed by atoms with Crippen molar-refractivity contribution in [1.29, 1.82) is 0 Å². The minimum atomic E-state index is 0. The zero-order chi connectivity index (χ0) is 18.5. The number of anilines is 1. The third-order valence-corrected chi connectivity index (χ3v) is 5.21. The number of pyridine rings is 1. The maximum absolute atomic E-state index is 5.58. The molecule has 1 N–H and O–H groups in total. The van der Waals surface area contributed by atoms with E-state index < -0.39 is 0 Å². The summed E-state index contributed by atoms with van der Waals surface area (Å²) in [4.78, 5) is 13.6. The molecule has 0 aliphatic carbocycles. The van der Waals surface area contributed by atoms with E-state index in [2.05, 4.69) is 49.4 Å². The SMILES string of the molecule is CN=C(NCCc1ccc2c(c1)CCO2)N1CCN(c2ccccn2)CC1.I. The molecular formula is C21H28IN5O. The molecule has 3 heterocycles. The molecule has 4 rings (SSSR count). The third-order valence-electron chi connectivity index (χ3n) is 5.21. The summed E-state index contributed by atoms with van der Waals surface area (Å²) in [5, 5.41) is 3.52. The number of ether oxygens (including phenoxy) is 1. The van der Waals surface area contributed by atoms with Crippen LogP contribution in [-0.2, 0) is 12.8 Å².